The molecule has 2 unspecified atom stereocenters. The number of thiocarbonyl (C=S) groups is 1. The topological polar surface area (TPSA) is 44.0 Å². The molecule has 7 heteroatoms. The van der Waals surface area contributed by atoms with Gasteiger partial charge in [0, 0.05) is 17.8 Å². The fourth-order valence-corrected chi connectivity index (χ4v) is 7.05. The summed E-state index contributed by atoms with van der Waals surface area (Å²) in [7, 11) is 2.28. The first-order valence-corrected chi connectivity index (χ1v) is 12.7. The van der Waals surface area contributed by atoms with Gasteiger partial charge < -0.3 is 14.6 Å². The number of pyridine rings is 1. The monoisotopic (exact) mass is 471 g/mol. The van der Waals surface area contributed by atoms with Crippen LogP contribution < -0.4 is 9.80 Å². The first kappa shape index (κ1) is 21.7. The van der Waals surface area contributed by atoms with Gasteiger partial charge >= 0.3 is 0 Å². The molecule has 3 saturated heterocycles. The van der Waals surface area contributed by atoms with Crippen molar-refractivity contribution in [1.29, 1.82) is 0 Å². The molecule has 2 bridgehead atoms. The van der Waals surface area contributed by atoms with Crippen LogP contribution in [0.15, 0.2) is 36.5 Å². The lowest BCUT2D eigenvalue weighted by Gasteiger charge is -2.43. The summed E-state index contributed by atoms with van der Waals surface area (Å²) in [5.41, 5.74) is 3.19. The van der Waals surface area contributed by atoms with E-state index in [0.29, 0.717) is 34.6 Å². The van der Waals surface area contributed by atoms with Gasteiger partial charge in [-0.3, -0.25) is 9.69 Å². The Kier molecular flexibility index (Phi) is 5.02. The Morgan fingerprint density at radius 1 is 1.12 bits per heavy atom. The summed E-state index contributed by atoms with van der Waals surface area (Å²) in [6.07, 6.45) is 9.33. The number of hydrogen-bond donors (Lipinski definition) is 0. The minimum atomic E-state index is -0.600. The van der Waals surface area contributed by atoms with Gasteiger partial charge in [0.15, 0.2) is 5.11 Å². The molecule has 1 aromatic carbocycles. The molecular formula is C27H29N5OS. The average molecular weight is 472 g/mol. The van der Waals surface area contributed by atoms with Gasteiger partial charge in [0.2, 0.25) is 0 Å². The van der Waals surface area contributed by atoms with E-state index in [-0.39, 0.29) is 5.91 Å². The number of aryl methyl sites for hydroxylation is 1. The van der Waals surface area contributed by atoms with Crippen LogP contribution in [-0.4, -0.2) is 45.6 Å². The van der Waals surface area contributed by atoms with Gasteiger partial charge in [-0.25, -0.2) is 0 Å². The summed E-state index contributed by atoms with van der Waals surface area (Å²) in [6.45, 7) is 9.11. The van der Waals surface area contributed by atoms with Crippen LogP contribution in [0.2, 0.25) is 0 Å². The first-order chi connectivity index (χ1) is 16.4. The van der Waals surface area contributed by atoms with Crippen molar-refractivity contribution >= 4 is 40.4 Å². The highest BCUT2D eigenvalue weighted by atomic mass is 32.1. The van der Waals surface area contributed by atoms with Gasteiger partial charge in [-0.1, -0.05) is 18.7 Å². The lowest BCUT2D eigenvalue weighted by Crippen LogP contribution is -2.55. The van der Waals surface area contributed by atoms with E-state index >= 15 is 0 Å². The Morgan fingerprint density at radius 3 is 2.35 bits per heavy atom. The van der Waals surface area contributed by atoms with Crippen LogP contribution >= 0.6 is 12.2 Å². The maximum Gasteiger partial charge on any atom is 0.272 e. The van der Waals surface area contributed by atoms with E-state index < -0.39 is 5.54 Å². The Labute approximate surface area is 206 Å². The molecule has 4 heterocycles. The van der Waals surface area contributed by atoms with E-state index in [4.69, 9.17) is 18.8 Å². The van der Waals surface area contributed by atoms with Gasteiger partial charge in [-0.15, -0.1) is 4.98 Å². The third-order valence-electron chi connectivity index (χ3n) is 8.71. The Hall–Kier alpha value is -2.82. The van der Waals surface area contributed by atoms with Crippen LogP contribution in [0.4, 0.5) is 17.2 Å². The quantitative estimate of drug-likeness (QED) is 0.447. The predicted octanol–water partition coefficient (Wildman–Crippen LogP) is 5.34. The van der Waals surface area contributed by atoms with Gasteiger partial charge in [0.05, 0.1) is 5.69 Å². The fourth-order valence-electron chi connectivity index (χ4n) is 6.58. The zero-order valence-electron chi connectivity index (χ0n) is 19.7. The third kappa shape index (κ3) is 3.05. The van der Waals surface area contributed by atoms with Crippen molar-refractivity contribution in [3.8, 4) is 0 Å². The lowest BCUT2D eigenvalue weighted by atomic mass is 9.75. The van der Waals surface area contributed by atoms with Crippen LogP contribution in [0.5, 0.6) is 0 Å². The van der Waals surface area contributed by atoms with Crippen molar-refractivity contribution in [1.82, 2.24) is 9.88 Å². The number of fused-ring (bicyclic) bond motifs is 2. The van der Waals surface area contributed by atoms with Crippen LogP contribution in [0.1, 0.15) is 62.0 Å². The van der Waals surface area contributed by atoms with Gasteiger partial charge in [0.1, 0.15) is 11.7 Å². The van der Waals surface area contributed by atoms with Crippen molar-refractivity contribution in [2.75, 3.05) is 16.8 Å². The third-order valence-corrected chi connectivity index (χ3v) is 9.08. The molecule has 0 radical (unpaired) electrons. The van der Waals surface area contributed by atoms with E-state index in [9.17, 15) is 4.79 Å². The van der Waals surface area contributed by atoms with Crippen molar-refractivity contribution < 1.29 is 4.79 Å². The van der Waals surface area contributed by atoms with Crippen molar-refractivity contribution in [2.24, 2.45) is 0 Å². The van der Waals surface area contributed by atoms with E-state index in [0.717, 1.165) is 30.5 Å². The van der Waals surface area contributed by atoms with Crippen LogP contribution in [-0.2, 0) is 4.79 Å². The summed E-state index contributed by atoms with van der Waals surface area (Å²) in [5, 5.41) is 0.506. The molecule has 1 aliphatic carbocycles. The number of benzene rings is 1. The standard InChI is InChI=1S/C27H29N5OS/c1-17-13-23(16-29-24(17)28-2)31-25(33)27(11-4-12-27)32(26(31)34)20-7-5-18(6-8-20)19-14-21-9-10-22(15-19)30(21)3/h5-8,13,16,19,21-22H,4,9-12,14-15H2,1,3H3. The molecule has 174 valence electrons. The summed E-state index contributed by atoms with van der Waals surface area (Å²) in [5.74, 6) is 0.991. The Balaban J connectivity index is 1.30. The van der Waals surface area contributed by atoms with Gasteiger partial charge in [-0.2, -0.15) is 0 Å². The summed E-state index contributed by atoms with van der Waals surface area (Å²) >= 11 is 5.90. The van der Waals surface area contributed by atoms with Gasteiger partial charge in [-0.05, 0) is 106 Å². The molecule has 3 aliphatic heterocycles. The van der Waals surface area contributed by atoms with Crippen LogP contribution in [0.25, 0.3) is 4.85 Å². The highest BCUT2D eigenvalue weighted by Crippen LogP contribution is 2.48. The summed E-state index contributed by atoms with van der Waals surface area (Å²) in [4.78, 5) is 27.7. The average Bonchev–Trinajstić information content (AvgIpc) is 3.15. The lowest BCUT2D eigenvalue weighted by molar-refractivity contribution is -0.123. The maximum absolute atomic E-state index is 13.7. The smallest absolute Gasteiger partial charge is 0.272 e. The fraction of sp³-hybridized carbons (Fsp3) is 0.481. The highest BCUT2D eigenvalue weighted by Gasteiger charge is 2.59. The number of nitrogens with zero attached hydrogens (tertiary/aromatic N) is 5. The second kappa shape index (κ2) is 7.86. The molecule has 6 nitrogen and oxygen atoms in total. The minimum Gasteiger partial charge on any atom is -0.360 e. The van der Waals surface area contributed by atoms with Crippen molar-refractivity contribution in [2.45, 2.75) is 75.4 Å². The van der Waals surface area contributed by atoms with E-state index in [1.165, 1.54) is 31.2 Å². The van der Waals surface area contributed by atoms with Gasteiger partial charge in [0.25, 0.3) is 11.7 Å². The van der Waals surface area contributed by atoms with E-state index in [2.05, 4.69) is 50.9 Å². The Morgan fingerprint density at radius 2 is 1.79 bits per heavy atom. The highest BCUT2D eigenvalue weighted by molar-refractivity contribution is 7.81. The number of anilines is 2. The predicted molar refractivity (Wildman–Crippen MR) is 137 cm³/mol. The van der Waals surface area contributed by atoms with Crippen LogP contribution in [0, 0.1) is 13.5 Å². The summed E-state index contributed by atoms with van der Waals surface area (Å²) < 4.78 is 0. The van der Waals surface area contributed by atoms with Crippen molar-refractivity contribution in [3.63, 3.8) is 0 Å². The van der Waals surface area contributed by atoms with Crippen molar-refractivity contribution in [3.05, 3.63) is 59.1 Å². The molecule has 1 amide bonds. The molecule has 2 aromatic rings. The zero-order valence-corrected chi connectivity index (χ0v) is 20.5. The second-order valence-corrected chi connectivity index (χ2v) is 10.8. The molecule has 34 heavy (non-hydrogen) atoms. The molecular weight excluding hydrogens is 442 g/mol. The number of carbonyl (C=O) groups excluding carboxylic acids is 1. The zero-order chi connectivity index (χ0) is 23.6. The second-order valence-electron chi connectivity index (χ2n) is 10.4. The maximum atomic E-state index is 13.7. The number of aromatic nitrogens is 1. The normalized spacial score (nSPS) is 27.9. The SMILES string of the molecule is [C-]#[N+]c1ncc(N2C(=O)C3(CCC3)N(c3ccc(C4CC5CCC(C4)N5C)cc3)C2=S)cc1C. The molecule has 1 spiro atoms. The molecule has 1 saturated carbocycles. The van der Waals surface area contributed by atoms with Crippen LogP contribution in [0.3, 0.4) is 0 Å². The number of piperidine rings is 1. The molecule has 2 atom stereocenters. The largest absolute Gasteiger partial charge is 0.360 e. The van der Waals surface area contributed by atoms with E-state index in [1.807, 2.05) is 13.0 Å². The molecule has 1 aromatic heterocycles. The number of rotatable bonds is 3. The molecule has 4 fully saturated rings. The summed E-state index contributed by atoms with van der Waals surface area (Å²) in [6, 6.07) is 12.1. The minimum absolute atomic E-state index is 0.0245. The first-order valence-electron chi connectivity index (χ1n) is 12.3. The molecule has 4 aliphatic rings. The number of carbonyl (C=O) groups is 1. The number of hydrogen-bond acceptors (Lipinski definition) is 4. The van der Waals surface area contributed by atoms with E-state index in [1.54, 1.807) is 11.1 Å². The Bertz CT molecular complexity index is 1200. The molecule has 6 rings (SSSR count). The number of amides is 1. The molecule has 0 N–H and O–H groups in total.